The van der Waals surface area contributed by atoms with E-state index in [4.69, 9.17) is 5.11 Å². The van der Waals surface area contributed by atoms with Gasteiger partial charge in [0.05, 0.1) is 6.20 Å². The van der Waals surface area contributed by atoms with Crippen molar-refractivity contribution in [2.24, 2.45) is 5.92 Å². The molecule has 2 unspecified atom stereocenters. The fraction of sp³-hybridized carbons (Fsp3) is 0.750. The van der Waals surface area contributed by atoms with Gasteiger partial charge >= 0.3 is 0 Å². The number of nitrogens with zero attached hydrogens (tertiary/aromatic N) is 2. The number of rotatable bonds is 7. The van der Waals surface area contributed by atoms with Gasteiger partial charge in [-0.2, -0.15) is 5.10 Å². The Labute approximate surface area is 97.7 Å². The quantitative estimate of drug-likeness (QED) is 0.740. The molecule has 4 heteroatoms. The molecule has 2 N–H and O–H groups in total. The molecule has 2 atom stereocenters. The molecule has 1 rings (SSSR count). The molecule has 0 fully saturated rings. The van der Waals surface area contributed by atoms with E-state index in [9.17, 15) is 0 Å². The largest absolute Gasteiger partial charge is 0.396 e. The van der Waals surface area contributed by atoms with Gasteiger partial charge in [0.1, 0.15) is 0 Å². The van der Waals surface area contributed by atoms with Crippen LogP contribution in [0.4, 0.5) is 0 Å². The molecule has 0 bridgehead atoms. The van der Waals surface area contributed by atoms with Crippen molar-refractivity contribution < 1.29 is 5.11 Å². The molecule has 4 nitrogen and oxygen atoms in total. The zero-order valence-electron chi connectivity index (χ0n) is 10.5. The molecule has 0 radical (unpaired) electrons. The molecular weight excluding hydrogens is 202 g/mol. The second-order valence-corrected chi connectivity index (χ2v) is 4.38. The third kappa shape index (κ3) is 3.94. The minimum absolute atomic E-state index is 0.269. The maximum atomic E-state index is 8.81. The first-order valence-corrected chi connectivity index (χ1v) is 6.04. The fourth-order valence-corrected chi connectivity index (χ4v) is 1.59. The molecule has 0 aliphatic heterocycles. The van der Waals surface area contributed by atoms with Gasteiger partial charge in [-0.1, -0.05) is 6.92 Å². The van der Waals surface area contributed by atoms with Crippen LogP contribution in [0, 0.1) is 5.92 Å². The van der Waals surface area contributed by atoms with E-state index in [0.29, 0.717) is 12.0 Å². The number of nitrogens with one attached hydrogen (secondary N) is 1. The first kappa shape index (κ1) is 13.2. The Kier molecular flexibility index (Phi) is 5.49. The van der Waals surface area contributed by atoms with Gasteiger partial charge in [0, 0.05) is 31.0 Å². The van der Waals surface area contributed by atoms with Crippen molar-refractivity contribution in [2.75, 3.05) is 13.2 Å². The van der Waals surface area contributed by atoms with Gasteiger partial charge in [0.15, 0.2) is 0 Å². The lowest BCUT2D eigenvalue weighted by Gasteiger charge is -2.15. The zero-order chi connectivity index (χ0) is 12.0. The Morgan fingerprint density at radius 1 is 1.50 bits per heavy atom. The topological polar surface area (TPSA) is 50.1 Å². The van der Waals surface area contributed by atoms with Crippen molar-refractivity contribution in [3.8, 4) is 0 Å². The van der Waals surface area contributed by atoms with Gasteiger partial charge in [-0.05, 0) is 32.7 Å². The highest BCUT2D eigenvalue weighted by Crippen LogP contribution is 2.11. The number of aryl methyl sites for hydroxylation is 1. The number of aromatic nitrogens is 2. The highest BCUT2D eigenvalue weighted by molar-refractivity contribution is 5.09. The van der Waals surface area contributed by atoms with E-state index >= 15 is 0 Å². The van der Waals surface area contributed by atoms with Crippen LogP contribution < -0.4 is 5.32 Å². The number of hydrogen-bond acceptors (Lipinski definition) is 3. The maximum absolute atomic E-state index is 8.81. The standard InChI is InChI=1S/C12H23N3O/c1-4-15-9-12(8-14-15)11(3)13-7-10(2)5-6-16/h8-11,13,16H,4-7H2,1-3H3. The van der Waals surface area contributed by atoms with E-state index in [1.54, 1.807) is 0 Å². The van der Waals surface area contributed by atoms with Crippen LogP contribution in [0.2, 0.25) is 0 Å². The Balaban J connectivity index is 2.37. The summed E-state index contributed by atoms with van der Waals surface area (Å²) in [6.07, 6.45) is 4.85. The molecule has 1 heterocycles. The van der Waals surface area contributed by atoms with E-state index in [1.807, 2.05) is 10.9 Å². The van der Waals surface area contributed by atoms with Crippen molar-refractivity contribution in [1.82, 2.24) is 15.1 Å². The lowest BCUT2D eigenvalue weighted by atomic mass is 10.1. The van der Waals surface area contributed by atoms with Crippen molar-refractivity contribution in [1.29, 1.82) is 0 Å². The molecule has 1 aromatic rings. The first-order chi connectivity index (χ1) is 7.67. The van der Waals surface area contributed by atoms with E-state index in [2.05, 4.69) is 37.4 Å². The SMILES string of the molecule is CCn1cc(C(C)NCC(C)CCO)cn1. The highest BCUT2D eigenvalue weighted by atomic mass is 16.3. The smallest absolute Gasteiger partial charge is 0.0537 e. The second kappa shape index (κ2) is 6.66. The summed E-state index contributed by atoms with van der Waals surface area (Å²) in [6.45, 7) is 8.48. The second-order valence-electron chi connectivity index (χ2n) is 4.38. The molecular formula is C12H23N3O. The zero-order valence-corrected chi connectivity index (χ0v) is 10.5. The first-order valence-electron chi connectivity index (χ1n) is 6.04. The van der Waals surface area contributed by atoms with Crippen LogP contribution in [0.3, 0.4) is 0 Å². The predicted octanol–water partition coefficient (Wildman–Crippen LogP) is 1.57. The molecule has 0 spiro atoms. The minimum Gasteiger partial charge on any atom is -0.396 e. The molecule has 0 aliphatic carbocycles. The van der Waals surface area contributed by atoms with Crippen LogP contribution in [-0.2, 0) is 6.54 Å². The molecule has 0 saturated heterocycles. The summed E-state index contributed by atoms with van der Waals surface area (Å²) in [4.78, 5) is 0. The Bertz CT molecular complexity index is 298. The molecule has 0 amide bonds. The van der Waals surface area contributed by atoms with Crippen LogP contribution in [0.15, 0.2) is 12.4 Å². The van der Waals surface area contributed by atoms with Crippen molar-refractivity contribution >= 4 is 0 Å². The van der Waals surface area contributed by atoms with Crippen molar-refractivity contribution in [3.63, 3.8) is 0 Å². The molecule has 0 aromatic carbocycles. The number of aliphatic hydroxyl groups excluding tert-OH is 1. The van der Waals surface area contributed by atoms with Crippen LogP contribution in [0.1, 0.15) is 38.8 Å². The van der Waals surface area contributed by atoms with Crippen molar-refractivity contribution in [2.45, 2.75) is 39.8 Å². The monoisotopic (exact) mass is 225 g/mol. The third-order valence-electron chi connectivity index (χ3n) is 2.87. The van der Waals surface area contributed by atoms with Crippen LogP contribution in [0.5, 0.6) is 0 Å². The van der Waals surface area contributed by atoms with E-state index < -0.39 is 0 Å². The van der Waals surface area contributed by atoms with Gasteiger partial charge in [0.25, 0.3) is 0 Å². The van der Waals surface area contributed by atoms with E-state index in [1.165, 1.54) is 5.56 Å². The molecule has 1 aromatic heterocycles. The average Bonchev–Trinajstić information content (AvgIpc) is 2.75. The van der Waals surface area contributed by atoms with Gasteiger partial charge in [-0.15, -0.1) is 0 Å². The lowest BCUT2D eigenvalue weighted by Crippen LogP contribution is -2.24. The highest BCUT2D eigenvalue weighted by Gasteiger charge is 2.09. The lowest BCUT2D eigenvalue weighted by molar-refractivity contribution is 0.258. The summed E-state index contributed by atoms with van der Waals surface area (Å²) in [6, 6.07) is 0.321. The normalized spacial score (nSPS) is 15.0. The summed E-state index contributed by atoms with van der Waals surface area (Å²) in [5, 5.41) is 16.5. The third-order valence-corrected chi connectivity index (χ3v) is 2.87. The fourth-order valence-electron chi connectivity index (χ4n) is 1.59. The summed E-state index contributed by atoms with van der Waals surface area (Å²) in [7, 11) is 0. The van der Waals surface area contributed by atoms with Crippen LogP contribution >= 0.6 is 0 Å². The summed E-state index contributed by atoms with van der Waals surface area (Å²) in [5.41, 5.74) is 1.22. The average molecular weight is 225 g/mol. The maximum Gasteiger partial charge on any atom is 0.0537 e. The molecule has 0 aliphatic rings. The molecule has 16 heavy (non-hydrogen) atoms. The van der Waals surface area contributed by atoms with E-state index in [-0.39, 0.29) is 6.61 Å². The Morgan fingerprint density at radius 3 is 2.81 bits per heavy atom. The van der Waals surface area contributed by atoms with E-state index in [0.717, 1.165) is 19.5 Å². The Morgan fingerprint density at radius 2 is 2.25 bits per heavy atom. The summed E-state index contributed by atoms with van der Waals surface area (Å²) < 4.78 is 1.94. The van der Waals surface area contributed by atoms with Gasteiger partial charge in [0.2, 0.25) is 0 Å². The van der Waals surface area contributed by atoms with Gasteiger partial charge < -0.3 is 10.4 Å². The summed E-state index contributed by atoms with van der Waals surface area (Å²) in [5.74, 6) is 0.508. The molecule has 92 valence electrons. The van der Waals surface area contributed by atoms with Crippen LogP contribution in [-0.4, -0.2) is 28.0 Å². The predicted molar refractivity (Wildman–Crippen MR) is 65.2 cm³/mol. The Hall–Kier alpha value is -0.870. The van der Waals surface area contributed by atoms with Crippen molar-refractivity contribution in [3.05, 3.63) is 18.0 Å². The molecule has 0 saturated carbocycles. The van der Waals surface area contributed by atoms with Gasteiger partial charge in [-0.25, -0.2) is 0 Å². The summed E-state index contributed by atoms with van der Waals surface area (Å²) >= 11 is 0. The number of hydrogen-bond donors (Lipinski definition) is 2. The van der Waals surface area contributed by atoms with Gasteiger partial charge in [-0.3, -0.25) is 4.68 Å². The number of aliphatic hydroxyl groups is 1. The van der Waals surface area contributed by atoms with Crippen LogP contribution in [0.25, 0.3) is 0 Å². The minimum atomic E-state index is 0.269.